The lowest BCUT2D eigenvalue weighted by molar-refractivity contribution is -0.385. The molecule has 0 aliphatic heterocycles. The molecule has 2 rings (SSSR count). The van der Waals surface area contributed by atoms with E-state index in [2.05, 4.69) is 21.2 Å². The molecule has 0 atom stereocenters. The topological polar surface area (TPSA) is 143 Å². The molecule has 10 nitrogen and oxygen atoms in total. The van der Waals surface area contributed by atoms with E-state index in [1.807, 2.05) is 0 Å². The van der Waals surface area contributed by atoms with Crippen LogP contribution in [0.15, 0.2) is 47.6 Å². The fourth-order valence-corrected chi connectivity index (χ4v) is 2.52. The lowest BCUT2D eigenvalue weighted by Crippen LogP contribution is -2.22. The molecule has 2 aromatic carbocycles. The van der Waals surface area contributed by atoms with Gasteiger partial charge in [-0.3, -0.25) is 24.5 Å². The molecule has 0 aliphatic rings. The van der Waals surface area contributed by atoms with Crippen LogP contribution in [0, 0.1) is 17.0 Å². The fourth-order valence-electron chi connectivity index (χ4n) is 2.52. The maximum Gasteiger partial charge on any atom is 0.273 e. The first-order valence-electron chi connectivity index (χ1n) is 8.92. The lowest BCUT2D eigenvalue weighted by Gasteiger charge is -2.11. The molecule has 30 heavy (non-hydrogen) atoms. The molecule has 0 saturated carbocycles. The van der Waals surface area contributed by atoms with Crippen molar-refractivity contribution in [2.24, 2.45) is 5.10 Å². The molecular formula is C20H21N5O5. The SMILES string of the molecule is CC(=O)Nc1ccccc1NC(=O)CC(C)=NNC(=O)c1ccc(C)c([N+](=O)[O-])c1. The van der Waals surface area contributed by atoms with E-state index in [9.17, 15) is 24.5 Å². The van der Waals surface area contributed by atoms with E-state index < -0.39 is 16.7 Å². The number of hydrazone groups is 1. The van der Waals surface area contributed by atoms with Crippen LogP contribution >= 0.6 is 0 Å². The van der Waals surface area contributed by atoms with Gasteiger partial charge < -0.3 is 10.6 Å². The van der Waals surface area contributed by atoms with Crippen LogP contribution in [0.4, 0.5) is 17.1 Å². The second-order valence-electron chi connectivity index (χ2n) is 6.50. The fraction of sp³-hybridized carbons (Fsp3) is 0.200. The van der Waals surface area contributed by atoms with Crippen molar-refractivity contribution < 1.29 is 19.3 Å². The Labute approximate surface area is 172 Å². The number of nitrogens with zero attached hydrogens (tertiary/aromatic N) is 2. The summed E-state index contributed by atoms with van der Waals surface area (Å²) in [6, 6.07) is 10.8. The lowest BCUT2D eigenvalue weighted by atomic mass is 10.1. The van der Waals surface area contributed by atoms with Gasteiger partial charge in [0.2, 0.25) is 11.8 Å². The average Bonchev–Trinajstić information content (AvgIpc) is 2.67. The van der Waals surface area contributed by atoms with Crippen molar-refractivity contribution >= 4 is 40.5 Å². The first-order valence-corrected chi connectivity index (χ1v) is 8.92. The first-order chi connectivity index (χ1) is 14.2. The average molecular weight is 411 g/mol. The Balaban J connectivity index is 1.99. The van der Waals surface area contributed by atoms with E-state index in [1.54, 1.807) is 38.1 Å². The molecule has 10 heteroatoms. The molecule has 0 spiro atoms. The minimum atomic E-state index is -0.631. The van der Waals surface area contributed by atoms with Gasteiger partial charge in [0.05, 0.1) is 22.7 Å². The molecule has 0 bridgehead atoms. The number of para-hydroxylation sites is 2. The zero-order valence-electron chi connectivity index (χ0n) is 16.7. The van der Waals surface area contributed by atoms with Crippen LogP contribution in [-0.4, -0.2) is 28.4 Å². The predicted molar refractivity (Wildman–Crippen MR) is 112 cm³/mol. The highest BCUT2D eigenvalue weighted by atomic mass is 16.6. The Morgan fingerprint density at radius 2 is 1.67 bits per heavy atom. The van der Waals surface area contributed by atoms with Gasteiger partial charge in [-0.25, -0.2) is 5.43 Å². The van der Waals surface area contributed by atoms with E-state index in [1.165, 1.54) is 25.1 Å². The monoisotopic (exact) mass is 411 g/mol. The molecule has 3 amide bonds. The summed E-state index contributed by atoms with van der Waals surface area (Å²) in [6.07, 6.45) is -0.108. The number of nitrogens with one attached hydrogen (secondary N) is 3. The van der Waals surface area contributed by atoms with Crippen LogP contribution < -0.4 is 16.1 Å². The van der Waals surface area contributed by atoms with E-state index in [-0.39, 0.29) is 23.6 Å². The quantitative estimate of drug-likeness (QED) is 0.365. The molecule has 0 radical (unpaired) electrons. The number of carbonyl (C=O) groups excluding carboxylic acids is 3. The van der Waals surface area contributed by atoms with Crippen molar-refractivity contribution in [2.45, 2.75) is 27.2 Å². The maximum atomic E-state index is 12.2. The van der Waals surface area contributed by atoms with Gasteiger partial charge >= 0.3 is 0 Å². The maximum absolute atomic E-state index is 12.2. The van der Waals surface area contributed by atoms with E-state index in [4.69, 9.17) is 0 Å². The van der Waals surface area contributed by atoms with E-state index in [0.717, 1.165) is 0 Å². The van der Waals surface area contributed by atoms with Crippen molar-refractivity contribution in [3.05, 3.63) is 63.7 Å². The Morgan fingerprint density at radius 3 is 2.27 bits per heavy atom. The van der Waals surface area contributed by atoms with Gasteiger partial charge in [0.25, 0.3) is 11.6 Å². The number of benzene rings is 2. The second kappa shape index (κ2) is 9.92. The number of rotatable bonds is 7. The minimum absolute atomic E-state index is 0.0811. The Hall–Kier alpha value is -4.08. The highest BCUT2D eigenvalue weighted by molar-refractivity contribution is 6.08. The second-order valence-corrected chi connectivity index (χ2v) is 6.50. The van der Waals surface area contributed by atoms with Crippen LogP contribution in [-0.2, 0) is 9.59 Å². The van der Waals surface area contributed by atoms with Gasteiger partial charge in [-0.2, -0.15) is 5.10 Å². The zero-order chi connectivity index (χ0) is 22.3. The Morgan fingerprint density at radius 1 is 1.03 bits per heavy atom. The standard InChI is InChI=1S/C20H21N5O5/c1-12-8-9-15(11-18(12)25(29)30)20(28)24-23-13(2)10-19(27)22-17-7-5-4-6-16(17)21-14(3)26/h4-9,11H,10H2,1-3H3,(H,21,26)(H,22,27)(H,24,28). The summed E-state index contributed by atoms with van der Waals surface area (Å²) in [5.41, 5.74) is 3.84. The molecule has 156 valence electrons. The predicted octanol–water partition coefficient (Wildman–Crippen LogP) is 3.00. The molecule has 0 aliphatic carbocycles. The van der Waals surface area contributed by atoms with E-state index >= 15 is 0 Å². The first kappa shape index (κ1) is 22.2. The van der Waals surface area contributed by atoms with Crippen molar-refractivity contribution in [2.75, 3.05) is 10.6 Å². The summed E-state index contributed by atoms with van der Waals surface area (Å²) in [5, 5.41) is 20.2. The van der Waals surface area contributed by atoms with Crippen molar-refractivity contribution in [1.29, 1.82) is 0 Å². The van der Waals surface area contributed by atoms with Crippen molar-refractivity contribution in [3.63, 3.8) is 0 Å². The zero-order valence-corrected chi connectivity index (χ0v) is 16.7. The molecule has 0 fully saturated rings. The molecule has 0 saturated heterocycles. The summed E-state index contributed by atoms with van der Waals surface area (Å²) < 4.78 is 0. The third-order valence-electron chi connectivity index (χ3n) is 3.94. The highest BCUT2D eigenvalue weighted by Crippen LogP contribution is 2.21. The van der Waals surface area contributed by atoms with E-state index in [0.29, 0.717) is 22.6 Å². The molecule has 0 aromatic heterocycles. The van der Waals surface area contributed by atoms with Crippen LogP contribution in [0.2, 0.25) is 0 Å². The van der Waals surface area contributed by atoms with Gasteiger partial charge in [-0.15, -0.1) is 0 Å². The summed E-state index contributed by atoms with van der Waals surface area (Å²) >= 11 is 0. The summed E-state index contributed by atoms with van der Waals surface area (Å²) in [5.74, 6) is -1.29. The number of aryl methyl sites for hydroxylation is 1. The van der Waals surface area contributed by atoms with Gasteiger partial charge in [0.15, 0.2) is 0 Å². The van der Waals surface area contributed by atoms with Gasteiger partial charge in [0.1, 0.15) is 0 Å². The normalized spacial score (nSPS) is 10.8. The van der Waals surface area contributed by atoms with Crippen LogP contribution in [0.5, 0.6) is 0 Å². The number of amides is 3. The summed E-state index contributed by atoms with van der Waals surface area (Å²) in [7, 11) is 0. The molecule has 0 heterocycles. The number of nitro groups is 1. The van der Waals surface area contributed by atoms with Crippen LogP contribution in [0.3, 0.4) is 0 Å². The molecule has 2 aromatic rings. The smallest absolute Gasteiger partial charge is 0.273 e. The summed E-state index contributed by atoms with van der Waals surface area (Å²) in [4.78, 5) is 46.1. The highest BCUT2D eigenvalue weighted by Gasteiger charge is 2.15. The van der Waals surface area contributed by atoms with Gasteiger partial charge in [0, 0.05) is 29.8 Å². The Bertz CT molecular complexity index is 1030. The van der Waals surface area contributed by atoms with Crippen molar-refractivity contribution in [1.82, 2.24) is 5.43 Å². The van der Waals surface area contributed by atoms with Gasteiger partial charge in [-0.1, -0.05) is 18.2 Å². The van der Waals surface area contributed by atoms with Crippen LogP contribution in [0.1, 0.15) is 36.2 Å². The summed E-state index contributed by atoms with van der Waals surface area (Å²) in [6.45, 7) is 4.49. The molecular weight excluding hydrogens is 390 g/mol. The Kier molecular flexibility index (Phi) is 7.34. The number of hydrogen-bond acceptors (Lipinski definition) is 6. The van der Waals surface area contributed by atoms with Crippen LogP contribution in [0.25, 0.3) is 0 Å². The number of anilines is 2. The number of nitro benzene ring substituents is 1. The van der Waals surface area contributed by atoms with Gasteiger partial charge in [-0.05, 0) is 32.0 Å². The third-order valence-corrected chi connectivity index (χ3v) is 3.94. The number of carbonyl (C=O) groups is 3. The van der Waals surface area contributed by atoms with Crippen molar-refractivity contribution in [3.8, 4) is 0 Å². The molecule has 3 N–H and O–H groups in total. The minimum Gasteiger partial charge on any atom is -0.325 e. The third kappa shape index (κ3) is 6.23. The largest absolute Gasteiger partial charge is 0.325 e. The molecule has 0 unspecified atom stereocenters. The number of hydrogen-bond donors (Lipinski definition) is 3.